The van der Waals surface area contributed by atoms with E-state index in [1.165, 1.54) is 6.33 Å². The third kappa shape index (κ3) is 4.26. The Hall–Kier alpha value is -2.23. The molecular formula is C22H23F3N4OS. The van der Waals surface area contributed by atoms with Gasteiger partial charge in [-0.05, 0) is 18.1 Å². The minimum Gasteiger partial charge on any atom is -0.387 e. The first-order valence-corrected chi connectivity index (χ1v) is 11.1. The van der Waals surface area contributed by atoms with Gasteiger partial charge >= 0.3 is 6.18 Å². The summed E-state index contributed by atoms with van der Waals surface area (Å²) in [5, 5.41) is 11.2. The van der Waals surface area contributed by atoms with Crippen molar-refractivity contribution >= 4 is 27.4 Å². The molecule has 1 atom stereocenters. The Morgan fingerprint density at radius 3 is 2.65 bits per heavy atom. The highest BCUT2D eigenvalue weighted by Gasteiger charge is 2.48. The number of anilines is 1. The first kappa shape index (κ1) is 20.7. The number of aromatic nitrogens is 2. The summed E-state index contributed by atoms with van der Waals surface area (Å²) in [6.45, 7) is 4.07. The molecule has 1 N–H and O–H groups in total. The third-order valence-corrected chi connectivity index (χ3v) is 7.25. The SMILES string of the molecule is O[C@@H](CN1CC2(CCN(c3ncnc4sc(CC(F)(F)F)cc34)C2)C1)c1ccccc1. The Morgan fingerprint density at radius 1 is 1.13 bits per heavy atom. The highest BCUT2D eigenvalue weighted by atomic mass is 32.1. The molecule has 0 radical (unpaired) electrons. The molecule has 0 bridgehead atoms. The number of alkyl halides is 3. The summed E-state index contributed by atoms with van der Waals surface area (Å²) >= 11 is 1.09. The number of nitrogens with zero attached hydrogens (tertiary/aromatic N) is 4. The highest BCUT2D eigenvalue weighted by molar-refractivity contribution is 7.18. The quantitative estimate of drug-likeness (QED) is 0.639. The third-order valence-electron chi connectivity index (χ3n) is 6.21. The number of rotatable bonds is 5. The summed E-state index contributed by atoms with van der Waals surface area (Å²) in [5.74, 6) is 0.731. The average Bonchev–Trinajstić information content (AvgIpc) is 3.31. The number of hydrogen-bond acceptors (Lipinski definition) is 6. The lowest BCUT2D eigenvalue weighted by molar-refractivity contribution is -0.126. The van der Waals surface area contributed by atoms with Crippen molar-refractivity contribution in [3.8, 4) is 0 Å². The molecule has 1 spiro atoms. The van der Waals surface area contributed by atoms with Crippen LogP contribution in [0.15, 0.2) is 42.7 Å². The molecule has 164 valence electrons. The number of halogens is 3. The van der Waals surface area contributed by atoms with Gasteiger partial charge in [-0.3, -0.25) is 4.90 Å². The van der Waals surface area contributed by atoms with Gasteiger partial charge in [0.05, 0.1) is 17.9 Å². The number of aliphatic hydroxyl groups excluding tert-OH is 1. The van der Waals surface area contributed by atoms with Gasteiger partial charge in [0, 0.05) is 43.0 Å². The van der Waals surface area contributed by atoms with E-state index in [-0.39, 0.29) is 10.3 Å². The number of thiophene rings is 1. The Labute approximate surface area is 182 Å². The summed E-state index contributed by atoms with van der Waals surface area (Å²) in [4.78, 5) is 13.9. The number of likely N-dealkylation sites (tertiary alicyclic amines) is 1. The molecule has 9 heteroatoms. The smallest absolute Gasteiger partial charge is 0.387 e. The topological polar surface area (TPSA) is 52.5 Å². The van der Waals surface area contributed by atoms with Gasteiger partial charge in [0.15, 0.2) is 0 Å². The number of β-amino-alcohol motifs (C(OH)–C–C–N with tert-alkyl or cyclic N) is 1. The van der Waals surface area contributed by atoms with Crippen molar-refractivity contribution in [2.75, 3.05) is 37.6 Å². The van der Waals surface area contributed by atoms with Crippen LogP contribution in [0.4, 0.5) is 19.0 Å². The van der Waals surface area contributed by atoms with Gasteiger partial charge in [-0.2, -0.15) is 13.2 Å². The fraction of sp³-hybridized carbons (Fsp3) is 0.455. The zero-order chi connectivity index (χ0) is 21.6. The van der Waals surface area contributed by atoms with Crippen LogP contribution in [0, 0.1) is 5.41 Å². The van der Waals surface area contributed by atoms with Crippen LogP contribution >= 0.6 is 11.3 Å². The molecule has 2 aromatic heterocycles. The Morgan fingerprint density at radius 2 is 1.90 bits per heavy atom. The largest absolute Gasteiger partial charge is 0.393 e. The molecule has 3 aromatic rings. The second kappa shape index (κ2) is 7.72. The van der Waals surface area contributed by atoms with Crippen molar-refractivity contribution in [1.29, 1.82) is 0 Å². The van der Waals surface area contributed by atoms with Crippen LogP contribution < -0.4 is 4.90 Å². The van der Waals surface area contributed by atoms with Crippen molar-refractivity contribution in [2.24, 2.45) is 5.41 Å². The molecule has 31 heavy (non-hydrogen) atoms. The van der Waals surface area contributed by atoms with E-state index in [2.05, 4.69) is 19.8 Å². The Bertz CT molecular complexity index is 1070. The van der Waals surface area contributed by atoms with Gasteiger partial charge in [-0.1, -0.05) is 30.3 Å². The maximum atomic E-state index is 12.8. The van der Waals surface area contributed by atoms with E-state index in [9.17, 15) is 18.3 Å². The van der Waals surface area contributed by atoms with Crippen LogP contribution in [0.1, 0.15) is 23.0 Å². The zero-order valence-electron chi connectivity index (χ0n) is 16.8. The van der Waals surface area contributed by atoms with Gasteiger partial charge in [0.2, 0.25) is 0 Å². The summed E-state index contributed by atoms with van der Waals surface area (Å²) in [7, 11) is 0. The second-order valence-corrected chi connectivity index (χ2v) is 9.80. The van der Waals surface area contributed by atoms with E-state index in [0.717, 1.165) is 55.3 Å². The zero-order valence-corrected chi connectivity index (χ0v) is 17.7. The van der Waals surface area contributed by atoms with Crippen LogP contribution in [-0.2, 0) is 6.42 Å². The predicted molar refractivity (Wildman–Crippen MR) is 114 cm³/mol. The van der Waals surface area contributed by atoms with E-state index in [4.69, 9.17) is 0 Å². The molecule has 0 unspecified atom stereocenters. The maximum Gasteiger partial charge on any atom is 0.393 e. The summed E-state index contributed by atoms with van der Waals surface area (Å²) in [6, 6.07) is 11.3. The standard InChI is InChI=1S/C22H23F3N4OS/c23-22(24,25)9-16-8-17-19(26-14-27-20(17)31-16)29-7-6-21(13-29)11-28(12-21)10-18(30)15-4-2-1-3-5-15/h1-5,8,14,18,30H,6-7,9-13H2/t18-/m0/s1. The number of fused-ring (bicyclic) bond motifs is 1. The van der Waals surface area contributed by atoms with Crippen LogP contribution in [0.25, 0.3) is 10.2 Å². The molecule has 2 fully saturated rings. The molecule has 0 amide bonds. The van der Waals surface area contributed by atoms with Gasteiger partial charge in [-0.15, -0.1) is 11.3 Å². The first-order chi connectivity index (χ1) is 14.8. The number of benzene rings is 1. The van der Waals surface area contributed by atoms with Crippen molar-refractivity contribution in [1.82, 2.24) is 14.9 Å². The lowest BCUT2D eigenvalue weighted by atomic mass is 9.79. The molecule has 2 aliphatic heterocycles. The Kier molecular flexibility index (Phi) is 5.15. The molecule has 5 rings (SSSR count). The van der Waals surface area contributed by atoms with E-state index in [1.807, 2.05) is 30.3 Å². The molecular weight excluding hydrogens is 425 g/mol. The first-order valence-electron chi connectivity index (χ1n) is 10.3. The monoisotopic (exact) mass is 448 g/mol. The number of aliphatic hydroxyl groups is 1. The van der Waals surface area contributed by atoms with Crippen LogP contribution in [0.5, 0.6) is 0 Å². The van der Waals surface area contributed by atoms with Crippen molar-refractivity contribution in [2.45, 2.75) is 25.1 Å². The summed E-state index contributed by atoms with van der Waals surface area (Å²) in [5.41, 5.74) is 1.07. The van der Waals surface area contributed by atoms with Crippen LogP contribution in [0.3, 0.4) is 0 Å². The molecule has 0 saturated carbocycles. The van der Waals surface area contributed by atoms with Crippen molar-refractivity contribution < 1.29 is 18.3 Å². The second-order valence-electron chi connectivity index (χ2n) is 8.69. The van der Waals surface area contributed by atoms with E-state index < -0.39 is 18.7 Å². The minimum atomic E-state index is -4.23. The molecule has 1 aromatic carbocycles. The minimum absolute atomic E-state index is 0.151. The van der Waals surface area contributed by atoms with Gasteiger partial charge in [0.1, 0.15) is 17.0 Å². The molecule has 0 aliphatic carbocycles. The van der Waals surface area contributed by atoms with Crippen molar-refractivity contribution in [3.63, 3.8) is 0 Å². The van der Waals surface area contributed by atoms with E-state index in [0.29, 0.717) is 16.8 Å². The lowest BCUT2D eigenvalue weighted by Crippen LogP contribution is -2.58. The van der Waals surface area contributed by atoms with Gasteiger partial charge in [-0.25, -0.2) is 9.97 Å². The highest BCUT2D eigenvalue weighted by Crippen LogP contribution is 2.43. The average molecular weight is 449 g/mol. The molecule has 4 heterocycles. The van der Waals surface area contributed by atoms with Crippen LogP contribution in [0.2, 0.25) is 0 Å². The van der Waals surface area contributed by atoms with Gasteiger partial charge < -0.3 is 10.0 Å². The fourth-order valence-corrected chi connectivity index (χ4v) is 5.88. The van der Waals surface area contributed by atoms with Crippen molar-refractivity contribution in [3.05, 3.63) is 53.2 Å². The molecule has 2 aliphatic rings. The van der Waals surface area contributed by atoms with E-state index >= 15 is 0 Å². The summed E-state index contributed by atoms with van der Waals surface area (Å²) in [6.07, 6.45) is -3.21. The molecule has 2 saturated heterocycles. The predicted octanol–water partition coefficient (Wildman–Crippen LogP) is 4.04. The maximum absolute atomic E-state index is 12.8. The normalized spacial score (nSPS) is 19.8. The van der Waals surface area contributed by atoms with Gasteiger partial charge in [0.25, 0.3) is 0 Å². The number of hydrogen-bond donors (Lipinski definition) is 1. The van der Waals surface area contributed by atoms with E-state index in [1.54, 1.807) is 6.07 Å². The Balaban J connectivity index is 1.25. The summed E-state index contributed by atoms with van der Waals surface area (Å²) < 4.78 is 38.4. The van der Waals surface area contributed by atoms with Crippen LogP contribution in [-0.4, -0.2) is 58.9 Å². The lowest BCUT2D eigenvalue weighted by Gasteiger charge is -2.48. The fourth-order valence-electron chi connectivity index (χ4n) is 4.86. The molecule has 5 nitrogen and oxygen atoms in total.